The number of nitrogens with zero attached hydrogens (tertiary/aromatic N) is 2. The molecular weight excluding hydrogens is 598 g/mol. The first-order valence-electron chi connectivity index (χ1n) is 10.7. The summed E-state index contributed by atoms with van der Waals surface area (Å²) in [6, 6.07) is 21.2. The van der Waals surface area contributed by atoms with Crippen LogP contribution in [0.5, 0.6) is 0 Å². The van der Waals surface area contributed by atoms with Crippen molar-refractivity contribution >= 4 is 59.4 Å². The molecule has 1 N–H and O–H groups in total. The Morgan fingerprint density at radius 2 is 1.57 bits per heavy atom. The summed E-state index contributed by atoms with van der Waals surface area (Å²) in [6.45, 7) is 1.27. The maximum Gasteiger partial charge on any atom is 0.264 e. The highest BCUT2D eigenvalue weighted by Crippen LogP contribution is 2.27. The summed E-state index contributed by atoms with van der Waals surface area (Å²) in [6.07, 6.45) is 0. The number of carbonyl (C=O) groups excluding carboxylic acids is 2. The molecule has 0 saturated heterocycles. The SMILES string of the molecule is CNC(=O)[C@H](C)N(Cc1ccc(Br)cc1)C(=O)CN(c1cccc(Br)c1)S(=O)(=O)c1ccccc1. The third kappa shape index (κ3) is 6.71. The number of amides is 2. The van der Waals surface area contributed by atoms with E-state index in [1.807, 2.05) is 24.3 Å². The molecule has 0 aromatic heterocycles. The van der Waals surface area contributed by atoms with Gasteiger partial charge in [-0.3, -0.25) is 13.9 Å². The Morgan fingerprint density at radius 1 is 0.914 bits per heavy atom. The van der Waals surface area contributed by atoms with Crippen LogP contribution in [0.3, 0.4) is 0 Å². The average Bonchev–Trinajstić information content (AvgIpc) is 2.86. The lowest BCUT2D eigenvalue weighted by atomic mass is 10.1. The number of nitrogens with one attached hydrogen (secondary N) is 1. The van der Waals surface area contributed by atoms with Crippen molar-refractivity contribution in [3.05, 3.63) is 93.4 Å². The smallest absolute Gasteiger partial charge is 0.264 e. The van der Waals surface area contributed by atoms with Gasteiger partial charge >= 0.3 is 0 Å². The Hall–Kier alpha value is -2.69. The van der Waals surface area contributed by atoms with E-state index in [4.69, 9.17) is 0 Å². The number of sulfonamides is 1. The van der Waals surface area contributed by atoms with Gasteiger partial charge in [0, 0.05) is 22.5 Å². The molecule has 7 nitrogen and oxygen atoms in total. The van der Waals surface area contributed by atoms with Gasteiger partial charge in [-0.05, 0) is 55.0 Å². The summed E-state index contributed by atoms with van der Waals surface area (Å²) in [5, 5.41) is 2.57. The topological polar surface area (TPSA) is 86.8 Å². The minimum atomic E-state index is -4.07. The van der Waals surface area contributed by atoms with Gasteiger partial charge in [-0.2, -0.15) is 0 Å². The Labute approximate surface area is 222 Å². The molecule has 0 fully saturated rings. The van der Waals surface area contributed by atoms with Crippen molar-refractivity contribution in [1.29, 1.82) is 0 Å². The molecule has 2 amide bonds. The molecule has 184 valence electrons. The normalized spacial score (nSPS) is 12.0. The van der Waals surface area contributed by atoms with Crippen LogP contribution >= 0.6 is 31.9 Å². The average molecular weight is 623 g/mol. The Morgan fingerprint density at radius 3 is 2.17 bits per heavy atom. The van der Waals surface area contributed by atoms with Crippen molar-refractivity contribution in [2.24, 2.45) is 0 Å². The maximum atomic E-state index is 13.6. The van der Waals surface area contributed by atoms with E-state index in [0.717, 1.165) is 14.3 Å². The van der Waals surface area contributed by atoms with Crippen LogP contribution in [0.2, 0.25) is 0 Å². The minimum Gasteiger partial charge on any atom is -0.357 e. The van der Waals surface area contributed by atoms with Gasteiger partial charge in [-0.15, -0.1) is 0 Å². The molecule has 0 aliphatic rings. The minimum absolute atomic E-state index is 0.0617. The van der Waals surface area contributed by atoms with Crippen molar-refractivity contribution in [2.45, 2.75) is 24.4 Å². The zero-order valence-electron chi connectivity index (χ0n) is 19.2. The first kappa shape index (κ1) is 26.9. The zero-order chi connectivity index (χ0) is 25.6. The van der Waals surface area contributed by atoms with Crippen molar-refractivity contribution in [1.82, 2.24) is 10.2 Å². The lowest BCUT2D eigenvalue weighted by Gasteiger charge is -2.31. The second kappa shape index (κ2) is 11.8. The molecule has 0 heterocycles. The van der Waals surface area contributed by atoms with Crippen LogP contribution < -0.4 is 9.62 Å². The van der Waals surface area contributed by atoms with Gasteiger partial charge in [0.15, 0.2) is 0 Å². The quantitative estimate of drug-likeness (QED) is 0.379. The summed E-state index contributed by atoms with van der Waals surface area (Å²) >= 11 is 6.77. The van der Waals surface area contributed by atoms with Crippen molar-refractivity contribution < 1.29 is 18.0 Å². The fourth-order valence-corrected chi connectivity index (χ4v) is 5.54. The molecule has 0 aliphatic heterocycles. The zero-order valence-corrected chi connectivity index (χ0v) is 23.2. The number of benzene rings is 3. The van der Waals surface area contributed by atoms with E-state index >= 15 is 0 Å². The van der Waals surface area contributed by atoms with E-state index in [1.165, 1.54) is 24.1 Å². The molecule has 0 bridgehead atoms. The van der Waals surface area contributed by atoms with Crippen LogP contribution in [0, 0.1) is 0 Å². The number of rotatable bonds is 9. The number of hydrogen-bond acceptors (Lipinski definition) is 4. The van der Waals surface area contributed by atoms with Gasteiger partial charge in [0.2, 0.25) is 11.8 Å². The Balaban J connectivity index is 2.01. The van der Waals surface area contributed by atoms with E-state index < -0.39 is 28.5 Å². The van der Waals surface area contributed by atoms with Gasteiger partial charge in [-0.25, -0.2) is 8.42 Å². The van der Waals surface area contributed by atoms with Crippen molar-refractivity contribution in [2.75, 3.05) is 17.9 Å². The van der Waals surface area contributed by atoms with Crippen LogP contribution in [0.25, 0.3) is 0 Å². The molecule has 3 aromatic rings. The summed E-state index contributed by atoms with van der Waals surface area (Å²) in [5.41, 5.74) is 1.13. The number of anilines is 1. The third-order valence-corrected chi connectivity index (χ3v) is 8.20. The van der Waals surface area contributed by atoms with Gasteiger partial charge in [-0.1, -0.05) is 68.3 Å². The van der Waals surface area contributed by atoms with E-state index in [0.29, 0.717) is 10.2 Å². The second-order valence-corrected chi connectivity index (χ2v) is 11.4. The Bertz CT molecular complexity index is 1290. The predicted octanol–water partition coefficient (Wildman–Crippen LogP) is 4.57. The molecule has 0 spiro atoms. The molecule has 0 saturated carbocycles. The lowest BCUT2D eigenvalue weighted by Crippen LogP contribution is -2.50. The number of hydrogen-bond donors (Lipinski definition) is 1. The summed E-state index contributed by atoms with van der Waals surface area (Å²) in [7, 11) is -2.58. The summed E-state index contributed by atoms with van der Waals surface area (Å²) in [5.74, 6) is -0.862. The fraction of sp³-hybridized carbons (Fsp3) is 0.200. The molecule has 3 aromatic carbocycles. The van der Waals surface area contributed by atoms with E-state index in [-0.39, 0.29) is 17.3 Å². The molecule has 3 rings (SSSR count). The number of halogens is 2. The molecule has 0 unspecified atom stereocenters. The van der Waals surface area contributed by atoms with Crippen LogP contribution in [-0.4, -0.2) is 44.8 Å². The maximum absolute atomic E-state index is 13.6. The molecular formula is C25H25Br2N3O4S. The third-order valence-electron chi connectivity index (χ3n) is 5.39. The standard InChI is InChI=1S/C25H25Br2N3O4S/c1-18(25(32)28-2)29(16-19-11-13-20(26)14-12-19)24(31)17-30(22-8-6-7-21(27)15-22)35(33,34)23-9-4-3-5-10-23/h3-15,18H,16-17H2,1-2H3,(H,28,32)/t18-/m0/s1. The summed E-state index contributed by atoms with van der Waals surface area (Å²) < 4.78 is 29.8. The van der Waals surface area contributed by atoms with Crippen LogP contribution in [-0.2, 0) is 26.2 Å². The molecule has 1 atom stereocenters. The highest BCUT2D eigenvalue weighted by Gasteiger charge is 2.32. The van der Waals surface area contributed by atoms with Crippen LogP contribution in [0.15, 0.2) is 92.7 Å². The van der Waals surface area contributed by atoms with E-state index in [2.05, 4.69) is 37.2 Å². The first-order chi connectivity index (χ1) is 16.6. The van der Waals surface area contributed by atoms with Gasteiger partial charge in [0.1, 0.15) is 12.6 Å². The second-order valence-electron chi connectivity index (χ2n) is 7.74. The molecule has 0 aliphatic carbocycles. The Kier molecular flexibility index (Phi) is 9.09. The van der Waals surface area contributed by atoms with Gasteiger partial charge in [0.05, 0.1) is 10.6 Å². The van der Waals surface area contributed by atoms with Crippen LogP contribution in [0.1, 0.15) is 12.5 Å². The first-order valence-corrected chi connectivity index (χ1v) is 13.7. The monoisotopic (exact) mass is 621 g/mol. The van der Waals surface area contributed by atoms with E-state index in [9.17, 15) is 18.0 Å². The van der Waals surface area contributed by atoms with Crippen molar-refractivity contribution in [3.8, 4) is 0 Å². The molecule has 0 radical (unpaired) electrons. The number of carbonyl (C=O) groups is 2. The highest BCUT2D eigenvalue weighted by atomic mass is 79.9. The molecule has 35 heavy (non-hydrogen) atoms. The highest BCUT2D eigenvalue weighted by molar-refractivity contribution is 9.10. The predicted molar refractivity (Wildman–Crippen MR) is 143 cm³/mol. The fourth-order valence-electron chi connectivity index (χ4n) is 3.46. The van der Waals surface area contributed by atoms with Crippen molar-refractivity contribution in [3.63, 3.8) is 0 Å². The largest absolute Gasteiger partial charge is 0.357 e. The lowest BCUT2D eigenvalue weighted by molar-refractivity contribution is -0.139. The number of likely N-dealkylation sites (N-methyl/N-ethyl adjacent to an activating group) is 1. The van der Waals surface area contributed by atoms with E-state index in [1.54, 1.807) is 49.4 Å². The molecule has 10 heteroatoms. The van der Waals surface area contributed by atoms with Gasteiger partial charge in [0.25, 0.3) is 10.0 Å². The summed E-state index contributed by atoms with van der Waals surface area (Å²) in [4.78, 5) is 27.6. The van der Waals surface area contributed by atoms with Gasteiger partial charge < -0.3 is 10.2 Å². The van der Waals surface area contributed by atoms with Crippen LogP contribution in [0.4, 0.5) is 5.69 Å².